The summed E-state index contributed by atoms with van der Waals surface area (Å²) in [6.07, 6.45) is 0. The maximum atomic E-state index is 6.03. The normalized spacial score (nSPS) is 12.2. The Morgan fingerprint density at radius 3 is 1.65 bits per heavy atom. The van der Waals surface area contributed by atoms with E-state index in [0.717, 1.165) is 77.9 Å². The van der Waals surface area contributed by atoms with Crippen molar-refractivity contribution in [3.05, 3.63) is 95.1 Å². The first-order valence-corrected chi connectivity index (χ1v) is 12.9. The van der Waals surface area contributed by atoms with Gasteiger partial charge >= 0.3 is 0 Å². The Labute approximate surface area is 233 Å². The maximum absolute atomic E-state index is 6.03. The van der Waals surface area contributed by atoms with E-state index in [4.69, 9.17) is 28.4 Å². The second-order valence-corrected chi connectivity index (χ2v) is 9.50. The predicted octanol–water partition coefficient (Wildman–Crippen LogP) is 7.37. The fourth-order valence-electron chi connectivity index (χ4n) is 5.73. The lowest BCUT2D eigenvalue weighted by Gasteiger charge is -2.17. The largest absolute Gasteiger partial charge is 0.497 e. The molecule has 0 bridgehead atoms. The van der Waals surface area contributed by atoms with Gasteiger partial charge in [-0.05, 0) is 75.5 Å². The van der Waals surface area contributed by atoms with Gasteiger partial charge in [-0.15, -0.1) is 0 Å². The van der Waals surface area contributed by atoms with Crippen LogP contribution in [0.25, 0.3) is 32.7 Å². The predicted molar refractivity (Wildman–Crippen MR) is 159 cm³/mol. The molecule has 0 unspecified atom stereocenters. The average molecular weight is 535 g/mol. The van der Waals surface area contributed by atoms with Crippen LogP contribution in [-0.4, -0.2) is 42.7 Å². The topological polar surface area (TPSA) is 55.4 Å². The second-order valence-electron chi connectivity index (χ2n) is 9.50. The highest BCUT2D eigenvalue weighted by Crippen LogP contribution is 2.55. The van der Waals surface area contributed by atoms with Gasteiger partial charge in [-0.1, -0.05) is 18.2 Å². The highest BCUT2D eigenvalue weighted by atomic mass is 16.5. The number of benzene rings is 5. The SMILES string of the molecule is COc1ccc(C2=C(c3cc(OC)cc(OC)c3)c3cc4ccc(OC)cc4c4c(OC)cc(OC)c2c34)cc1. The van der Waals surface area contributed by atoms with Crippen LogP contribution >= 0.6 is 0 Å². The van der Waals surface area contributed by atoms with E-state index < -0.39 is 0 Å². The monoisotopic (exact) mass is 534 g/mol. The number of fused-ring (bicyclic) bond motifs is 2. The molecule has 0 fully saturated rings. The van der Waals surface area contributed by atoms with Crippen molar-refractivity contribution >= 4 is 32.7 Å². The third kappa shape index (κ3) is 3.87. The van der Waals surface area contributed by atoms with Crippen LogP contribution < -0.4 is 28.4 Å². The van der Waals surface area contributed by atoms with E-state index >= 15 is 0 Å². The van der Waals surface area contributed by atoms with Crippen molar-refractivity contribution in [3.63, 3.8) is 0 Å². The van der Waals surface area contributed by atoms with Gasteiger partial charge in [-0.2, -0.15) is 0 Å². The summed E-state index contributed by atoms with van der Waals surface area (Å²) in [6.45, 7) is 0. The van der Waals surface area contributed by atoms with E-state index in [2.05, 4.69) is 30.3 Å². The maximum Gasteiger partial charge on any atom is 0.131 e. The zero-order valence-electron chi connectivity index (χ0n) is 23.4. The van der Waals surface area contributed by atoms with E-state index in [0.29, 0.717) is 11.5 Å². The number of ether oxygens (including phenoxy) is 6. The van der Waals surface area contributed by atoms with Gasteiger partial charge in [0.05, 0.1) is 42.7 Å². The van der Waals surface area contributed by atoms with Crippen LogP contribution in [0.2, 0.25) is 0 Å². The molecule has 0 spiro atoms. The lowest BCUT2D eigenvalue weighted by Crippen LogP contribution is -1.96. The van der Waals surface area contributed by atoms with Crippen LogP contribution in [0.3, 0.4) is 0 Å². The van der Waals surface area contributed by atoms with Crippen LogP contribution in [0.1, 0.15) is 22.3 Å². The molecule has 5 aromatic rings. The first-order chi connectivity index (χ1) is 19.5. The molecule has 0 heterocycles. The van der Waals surface area contributed by atoms with Gasteiger partial charge in [-0.3, -0.25) is 0 Å². The van der Waals surface area contributed by atoms with Gasteiger partial charge in [0.15, 0.2) is 0 Å². The van der Waals surface area contributed by atoms with Crippen molar-refractivity contribution in [1.82, 2.24) is 0 Å². The van der Waals surface area contributed by atoms with Gasteiger partial charge in [-0.25, -0.2) is 0 Å². The second kappa shape index (κ2) is 10.0. The van der Waals surface area contributed by atoms with Gasteiger partial charge in [0.1, 0.15) is 34.5 Å². The average Bonchev–Trinajstić information content (AvgIpc) is 3.35. The molecular formula is C34H30O6. The summed E-state index contributed by atoms with van der Waals surface area (Å²) in [6, 6.07) is 24.4. The summed E-state index contributed by atoms with van der Waals surface area (Å²) in [7, 11) is 10.1. The standard InChI is InChI=1S/C34H30O6/c1-35-22-10-7-19(8-11-22)31-30(21-13-24(37-3)16-25(14-21)38-4)27-15-20-9-12-23(36-2)17-26(20)32-28(39-5)18-29(40-6)34(31)33(27)32/h7-18H,1-6H3. The van der Waals surface area contributed by atoms with Crippen LogP contribution in [0.4, 0.5) is 0 Å². The van der Waals surface area contributed by atoms with E-state index in [1.807, 2.05) is 42.5 Å². The van der Waals surface area contributed by atoms with Gasteiger partial charge in [0.25, 0.3) is 0 Å². The molecule has 6 nitrogen and oxygen atoms in total. The molecule has 1 aliphatic rings. The number of hydrogen-bond donors (Lipinski definition) is 0. The van der Waals surface area contributed by atoms with Crippen molar-refractivity contribution in [2.45, 2.75) is 0 Å². The first-order valence-electron chi connectivity index (χ1n) is 12.9. The Morgan fingerprint density at radius 1 is 0.425 bits per heavy atom. The molecular weight excluding hydrogens is 504 g/mol. The summed E-state index contributed by atoms with van der Waals surface area (Å²) in [5.74, 6) is 4.43. The van der Waals surface area contributed by atoms with Crippen LogP contribution in [0, 0.1) is 0 Å². The molecule has 0 aromatic heterocycles. The number of hydrogen-bond acceptors (Lipinski definition) is 6. The van der Waals surface area contributed by atoms with Gasteiger partial charge < -0.3 is 28.4 Å². The molecule has 6 rings (SSSR count). The van der Waals surface area contributed by atoms with Crippen LogP contribution in [0.5, 0.6) is 34.5 Å². The molecule has 1 aliphatic carbocycles. The Kier molecular flexibility index (Phi) is 6.39. The van der Waals surface area contributed by atoms with Crippen molar-refractivity contribution in [2.75, 3.05) is 42.7 Å². The van der Waals surface area contributed by atoms with E-state index in [1.165, 1.54) is 0 Å². The Hall–Kier alpha value is -4.84. The number of rotatable bonds is 8. The summed E-state index contributed by atoms with van der Waals surface area (Å²) in [5, 5.41) is 4.17. The van der Waals surface area contributed by atoms with E-state index in [-0.39, 0.29) is 0 Å². The van der Waals surface area contributed by atoms with E-state index in [9.17, 15) is 0 Å². The molecule has 0 saturated carbocycles. The highest BCUT2D eigenvalue weighted by molar-refractivity contribution is 6.28. The smallest absolute Gasteiger partial charge is 0.131 e. The van der Waals surface area contributed by atoms with Gasteiger partial charge in [0, 0.05) is 34.0 Å². The third-order valence-electron chi connectivity index (χ3n) is 7.58. The Bertz CT molecular complexity index is 1780. The molecule has 5 aromatic carbocycles. The minimum atomic E-state index is 0.707. The van der Waals surface area contributed by atoms with Crippen LogP contribution in [-0.2, 0) is 0 Å². The molecule has 40 heavy (non-hydrogen) atoms. The minimum Gasteiger partial charge on any atom is -0.497 e. The molecule has 0 radical (unpaired) electrons. The lowest BCUT2D eigenvalue weighted by atomic mass is 9.91. The number of methoxy groups -OCH3 is 6. The lowest BCUT2D eigenvalue weighted by molar-refractivity contribution is 0.394. The van der Waals surface area contributed by atoms with Crippen molar-refractivity contribution in [1.29, 1.82) is 0 Å². The molecule has 0 amide bonds. The fraction of sp³-hybridized carbons (Fsp3) is 0.176. The van der Waals surface area contributed by atoms with Gasteiger partial charge in [0.2, 0.25) is 0 Å². The molecule has 0 N–H and O–H groups in total. The zero-order chi connectivity index (χ0) is 28.0. The fourth-order valence-corrected chi connectivity index (χ4v) is 5.73. The first kappa shape index (κ1) is 25.4. The third-order valence-corrected chi connectivity index (χ3v) is 7.58. The van der Waals surface area contributed by atoms with Crippen LogP contribution in [0.15, 0.2) is 72.8 Å². The molecule has 0 aliphatic heterocycles. The highest BCUT2D eigenvalue weighted by Gasteiger charge is 2.32. The quantitative estimate of drug-likeness (QED) is 0.190. The zero-order valence-corrected chi connectivity index (χ0v) is 23.4. The summed E-state index contributed by atoms with van der Waals surface area (Å²) < 4.78 is 34.4. The molecule has 6 heteroatoms. The molecule has 0 atom stereocenters. The Balaban J connectivity index is 1.82. The van der Waals surface area contributed by atoms with Crippen molar-refractivity contribution in [2.24, 2.45) is 0 Å². The summed E-state index contributed by atoms with van der Waals surface area (Å²) in [4.78, 5) is 0. The minimum absolute atomic E-state index is 0.707. The molecule has 0 saturated heterocycles. The Morgan fingerprint density at radius 2 is 1.05 bits per heavy atom. The molecule has 202 valence electrons. The van der Waals surface area contributed by atoms with E-state index in [1.54, 1.807) is 42.7 Å². The summed E-state index contributed by atoms with van der Waals surface area (Å²) >= 11 is 0. The van der Waals surface area contributed by atoms with Crippen molar-refractivity contribution in [3.8, 4) is 34.5 Å². The van der Waals surface area contributed by atoms with Crippen molar-refractivity contribution < 1.29 is 28.4 Å². The summed E-state index contributed by atoms with van der Waals surface area (Å²) in [5.41, 5.74) is 6.15.